The van der Waals surface area contributed by atoms with Crippen molar-refractivity contribution in [3.05, 3.63) is 58.6 Å². The number of hydrogen-bond acceptors (Lipinski definition) is 2. The fourth-order valence-electron chi connectivity index (χ4n) is 2.94. The molecule has 5 nitrogen and oxygen atoms in total. The van der Waals surface area contributed by atoms with Crippen LogP contribution in [-0.4, -0.2) is 24.1 Å². The highest BCUT2D eigenvalue weighted by Crippen LogP contribution is 2.24. The van der Waals surface area contributed by atoms with Gasteiger partial charge in [-0.15, -0.1) is 5.10 Å². The van der Waals surface area contributed by atoms with Crippen LogP contribution in [0.2, 0.25) is 0 Å². The Kier molecular flexibility index (Phi) is 3.16. The Morgan fingerprint density at radius 2 is 1.70 bits per heavy atom. The number of rotatable bonds is 2. The molecule has 3 heterocycles. The van der Waals surface area contributed by atoms with E-state index in [0.717, 1.165) is 27.0 Å². The molecule has 4 rings (SSSR count). The van der Waals surface area contributed by atoms with Crippen LogP contribution in [0.5, 0.6) is 0 Å². The maximum Gasteiger partial charge on any atom is 0.160 e. The zero-order valence-corrected chi connectivity index (χ0v) is 14.7. The summed E-state index contributed by atoms with van der Waals surface area (Å²) in [5, 5.41) is 10.3. The standard InChI is InChI=1S/C17H16BrN5/c1-11-4-5-12(2)22(11)17-9-16(18)23(20-17)14-6-7-15-13(8-14)10-21(3)19-15/h4-10H,1-3H3. The molecule has 0 aliphatic carbocycles. The maximum absolute atomic E-state index is 4.76. The van der Waals surface area contributed by atoms with Gasteiger partial charge in [-0.1, -0.05) is 0 Å². The van der Waals surface area contributed by atoms with Crippen LogP contribution in [0.25, 0.3) is 22.4 Å². The molecule has 23 heavy (non-hydrogen) atoms. The first kappa shape index (κ1) is 14.3. The molecule has 0 atom stereocenters. The second-order valence-electron chi connectivity index (χ2n) is 5.73. The first-order valence-electron chi connectivity index (χ1n) is 7.37. The van der Waals surface area contributed by atoms with E-state index in [-0.39, 0.29) is 0 Å². The van der Waals surface area contributed by atoms with Crippen molar-refractivity contribution in [3.8, 4) is 11.5 Å². The third-order valence-corrected chi connectivity index (χ3v) is 4.57. The number of halogens is 1. The van der Waals surface area contributed by atoms with E-state index in [1.807, 2.05) is 40.8 Å². The first-order valence-corrected chi connectivity index (χ1v) is 8.17. The van der Waals surface area contributed by atoms with Gasteiger partial charge in [-0.2, -0.15) is 5.10 Å². The predicted octanol–water partition coefficient (Wildman–Crippen LogP) is 3.93. The van der Waals surface area contributed by atoms with Crippen molar-refractivity contribution in [1.29, 1.82) is 0 Å². The number of fused-ring (bicyclic) bond motifs is 1. The number of aryl methyl sites for hydroxylation is 3. The van der Waals surface area contributed by atoms with E-state index < -0.39 is 0 Å². The van der Waals surface area contributed by atoms with Crippen LogP contribution in [-0.2, 0) is 7.05 Å². The van der Waals surface area contributed by atoms with Gasteiger partial charge in [0.25, 0.3) is 0 Å². The first-order chi connectivity index (χ1) is 11.0. The van der Waals surface area contributed by atoms with E-state index >= 15 is 0 Å². The zero-order chi connectivity index (χ0) is 16.1. The third-order valence-electron chi connectivity index (χ3n) is 4.00. The molecule has 0 bridgehead atoms. The Morgan fingerprint density at radius 1 is 0.957 bits per heavy atom. The van der Waals surface area contributed by atoms with Gasteiger partial charge in [0, 0.05) is 36.1 Å². The minimum atomic E-state index is 0.906. The van der Waals surface area contributed by atoms with Crippen molar-refractivity contribution in [2.75, 3.05) is 0 Å². The predicted molar refractivity (Wildman–Crippen MR) is 94.3 cm³/mol. The SMILES string of the molecule is Cc1ccc(C)n1-c1cc(Br)n(-c2ccc3nn(C)cc3c2)n1. The number of benzene rings is 1. The largest absolute Gasteiger partial charge is 0.302 e. The fourth-order valence-corrected chi connectivity index (χ4v) is 3.42. The zero-order valence-electron chi connectivity index (χ0n) is 13.2. The molecule has 0 N–H and O–H groups in total. The fraction of sp³-hybridized carbons (Fsp3) is 0.176. The van der Waals surface area contributed by atoms with Crippen LogP contribution in [0.15, 0.2) is 47.2 Å². The van der Waals surface area contributed by atoms with E-state index in [2.05, 4.69) is 57.6 Å². The summed E-state index contributed by atoms with van der Waals surface area (Å²) in [5.74, 6) is 0.906. The van der Waals surface area contributed by atoms with Gasteiger partial charge in [0.15, 0.2) is 5.82 Å². The van der Waals surface area contributed by atoms with Crippen LogP contribution in [0.3, 0.4) is 0 Å². The molecule has 3 aromatic heterocycles. The van der Waals surface area contributed by atoms with Gasteiger partial charge in [-0.05, 0) is 60.1 Å². The highest BCUT2D eigenvalue weighted by Gasteiger charge is 2.12. The van der Waals surface area contributed by atoms with Crippen molar-refractivity contribution in [3.63, 3.8) is 0 Å². The summed E-state index contributed by atoms with van der Waals surface area (Å²) in [7, 11) is 1.93. The summed E-state index contributed by atoms with van der Waals surface area (Å²) in [6.07, 6.45) is 2.01. The van der Waals surface area contributed by atoms with E-state index in [1.165, 1.54) is 11.4 Å². The Balaban J connectivity index is 1.85. The van der Waals surface area contributed by atoms with Gasteiger partial charge >= 0.3 is 0 Å². The third kappa shape index (κ3) is 2.30. The Bertz CT molecular complexity index is 1000. The molecule has 0 fully saturated rings. The van der Waals surface area contributed by atoms with Gasteiger partial charge < -0.3 is 4.57 Å². The van der Waals surface area contributed by atoms with E-state index in [0.29, 0.717) is 0 Å². The summed E-state index contributed by atoms with van der Waals surface area (Å²) in [6, 6.07) is 12.4. The molecule has 0 aliphatic rings. The van der Waals surface area contributed by atoms with Crippen molar-refractivity contribution in [1.82, 2.24) is 24.1 Å². The van der Waals surface area contributed by atoms with Gasteiger partial charge in [-0.25, -0.2) is 4.68 Å². The molecule has 1 aromatic carbocycles. The van der Waals surface area contributed by atoms with Crippen molar-refractivity contribution < 1.29 is 0 Å². The minimum absolute atomic E-state index is 0.906. The lowest BCUT2D eigenvalue weighted by atomic mass is 10.2. The van der Waals surface area contributed by atoms with Crippen LogP contribution in [0.4, 0.5) is 0 Å². The van der Waals surface area contributed by atoms with Crippen LogP contribution < -0.4 is 0 Å². The normalized spacial score (nSPS) is 11.5. The van der Waals surface area contributed by atoms with Gasteiger partial charge in [-0.3, -0.25) is 4.68 Å². The van der Waals surface area contributed by atoms with Gasteiger partial charge in [0.1, 0.15) is 4.60 Å². The number of hydrogen-bond donors (Lipinski definition) is 0. The second-order valence-corrected chi connectivity index (χ2v) is 6.55. The molecule has 0 unspecified atom stereocenters. The lowest BCUT2D eigenvalue weighted by Crippen LogP contribution is -2.02. The maximum atomic E-state index is 4.76. The topological polar surface area (TPSA) is 40.6 Å². The van der Waals surface area contributed by atoms with Crippen LogP contribution >= 0.6 is 15.9 Å². The molecule has 116 valence electrons. The molecule has 0 aliphatic heterocycles. The molecule has 0 radical (unpaired) electrons. The van der Waals surface area contributed by atoms with E-state index in [4.69, 9.17) is 5.10 Å². The second kappa shape index (κ2) is 5.09. The molecule has 6 heteroatoms. The lowest BCUT2D eigenvalue weighted by molar-refractivity contribution is 0.780. The highest BCUT2D eigenvalue weighted by atomic mass is 79.9. The van der Waals surface area contributed by atoms with Crippen molar-refractivity contribution >= 4 is 26.8 Å². The Morgan fingerprint density at radius 3 is 2.43 bits per heavy atom. The number of aromatic nitrogens is 5. The molecule has 4 aromatic rings. The smallest absolute Gasteiger partial charge is 0.160 e. The number of nitrogens with zero attached hydrogens (tertiary/aromatic N) is 5. The summed E-state index contributed by atoms with van der Waals surface area (Å²) >= 11 is 3.62. The van der Waals surface area contributed by atoms with Crippen molar-refractivity contribution in [2.24, 2.45) is 7.05 Å². The monoisotopic (exact) mass is 369 g/mol. The molecule has 0 saturated heterocycles. The summed E-state index contributed by atoms with van der Waals surface area (Å²) in [4.78, 5) is 0. The Labute approximate surface area is 142 Å². The lowest BCUT2D eigenvalue weighted by Gasteiger charge is -2.05. The molecular weight excluding hydrogens is 354 g/mol. The van der Waals surface area contributed by atoms with Crippen LogP contribution in [0, 0.1) is 13.8 Å². The summed E-state index contributed by atoms with van der Waals surface area (Å²) in [6.45, 7) is 4.17. The van der Waals surface area contributed by atoms with E-state index in [9.17, 15) is 0 Å². The average Bonchev–Trinajstić information content (AvgIpc) is 3.15. The summed E-state index contributed by atoms with van der Waals surface area (Å²) in [5.41, 5.74) is 4.33. The summed E-state index contributed by atoms with van der Waals surface area (Å²) < 4.78 is 6.79. The van der Waals surface area contributed by atoms with E-state index in [1.54, 1.807) is 0 Å². The molecular formula is C17H16BrN5. The molecule has 0 amide bonds. The molecule has 0 spiro atoms. The Hall–Kier alpha value is -2.34. The quantitative estimate of drug-likeness (QED) is 0.537. The van der Waals surface area contributed by atoms with Gasteiger partial charge in [0.2, 0.25) is 0 Å². The average molecular weight is 370 g/mol. The minimum Gasteiger partial charge on any atom is -0.302 e. The highest BCUT2D eigenvalue weighted by molar-refractivity contribution is 9.10. The van der Waals surface area contributed by atoms with Crippen molar-refractivity contribution in [2.45, 2.75) is 13.8 Å². The van der Waals surface area contributed by atoms with Gasteiger partial charge in [0.05, 0.1) is 11.2 Å². The van der Waals surface area contributed by atoms with Crippen LogP contribution in [0.1, 0.15) is 11.4 Å². The molecule has 0 saturated carbocycles.